The molecule has 1 aliphatic heterocycles. The second-order valence-corrected chi connectivity index (χ2v) is 6.33. The molecule has 6 nitrogen and oxygen atoms in total. The summed E-state index contributed by atoms with van der Waals surface area (Å²) in [5, 5.41) is 16.1. The summed E-state index contributed by atoms with van der Waals surface area (Å²) in [6, 6.07) is 6.97. The third-order valence-electron chi connectivity index (χ3n) is 4.16. The van der Waals surface area contributed by atoms with Crippen LogP contribution in [-0.2, 0) is 12.0 Å². The van der Waals surface area contributed by atoms with Crippen LogP contribution in [0.4, 0.5) is 10.5 Å². The van der Waals surface area contributed by atoms with Crippen LogP contribution in [0.1, 0.15) is 29.6 Å². The van der Waals surface area contributed by atoms with E-state index in [1.54, 1.807) is 26.0 Å². The van der Waals surface area contributed by atoms with Crippen LogP contribution in [-0.4, -0.2) is 24.3 Å². The number of hydrogen-bond acceptors (Lipinski definition) is 4. The molecule has 2 heterocycles. The molecule has 24 heavy (non-hydrogen) atoms. The molecule has 6 heteroatoms. The Morgan fingerprint density at radius 3 is 2.83 bits per heavy atom. The number of aliphatic hydroxyl groups is 1. The molecule has 0 unspecified atom stereocenters. The fraction of sp³-hybridized carbons (Fsp3) is 0.389. The zero-order valence-electron chi connectivity index (χ0n) is 14.1. The van der Waals surface area contributed by atoms with E-state index in [4.69, 9.17) is 9.15 Å². The van der Waals surface area contributed by atoms with E-state index in [1.165, 1.54) is 0 Å². The molecule has 128 valence electrons. The summed E-state index contributed by atoms with van der Waals surface area (Å²) in [6.45, 7) is 6.02. The van der Waals surface area contributed by atoms with Crippen LogP contribution in [0.2, 0.25) is 0 Å². The summed E-state index contributed by atoms with van der Waals surface area (Å²) in [4.78, 5) is 12.1. The summed E-state index contributed by atoms with van der Waals surface area (Å²) in [5.74, 6) is 2.25. The molecule has 2 aromatic rings. The van der Waals surface area contributed by atoms with E-state index in [0.29, 0.717) is 23.6 Å². The number of nitrogens with one attached hydrogen (secondary N) is 2. The molecule has 1 aromatic carbocycles. The van der Waals surface area contributed by atoms with E-state index < -0.39 is 5.60 Å². The van der Waals surface area contributed by atoms with Gasteiger partial charge in [0, 0.05) is 17.7 Å². The van der Waals surface area contributed by atoms with Crippen molar-refractivity contribution < 1.29 is 19.1 Å². The third-order valence-corrected chi connectivity index (χ3v) is 4.16. The second kappa shape index (κ2) is 6.20. The van der Waals surface area contributed by atoms with Crippen molar-refractivity contribution in [2.45, 2.75) is 32.8 Å². The smallest absolute Gasteiger partial charge is 0.319 e. The van der Waals surface area contributed by atoms with Gasteiger partial charge in [-0.2, -0.15) is 0 Å². The number of urea groups is 1. The minimum atomic E-state index is -1.20. The average Bonchev–Trinajstić information content (AvgIpc) is 3.11. The summed E-state index contributed by atoms with van der Waals surface area (Å²) < 4.78 is 10.9. The quantitative estimate of drug-likeness (QED) is 0.805. The van der Waals surface area contributed by atoms with E-state index in [-0.39, 0.29) is 12.6 Å². The van der Waals surface area contributed by atoms with Gasteiger partial charge in [0.2, 0.25) is 0 Å². The van der Waals surface area contributed by atoms with Gasteiger partial charge in [-0.05, 0) is 50.6 Å². The van der Waals surface area contributed by atoms with Crippen LogP contribution in [0.15, 0.2) is 28.7 Å². The highest BCUT2D eigenvalue weighted by molar-refractivity contribution is 5.89. The Morgan fingerprint density at radius 2 is 2.12 bits per heavy atom. The van der Waals surface area contributed by atoms with Gasteiger partial charge < -0.3 is 24.9 Å². The van der Waals surface area contributed by atoms with Gasteiger partial charge in [-0.3, -0.25) is 0 Å². The number of carbonyl (C=O) groups is 1. The molecule has 0 saturated carbocycles. The lowest BCUT2D eigenvalue weighted by Gasteiger charge is -2.23. The fourth-order valence-corrected chi connectivity index (χ4v) is 2.95. The topological polar surface area (TPSA) is 83.7 Å². The Kier molecular flexibility index (Phi) is 4.24. The fourth-order valence-electron chi connectivity index (χ4n) is 2.95. The predicted molar refractivity (Wildman–Crippen MR) is 90.4 cm³/mol. The molecule has 0 saturated heterocycles. The van der Waals surface area contributed by atoms with Gasteiger partial charge in [-0.1, -0.05) is 0 Å². The van der Waals surface area contributed by atoms with Crippen molar-refractivity contribution in [3.05, 3.63) is 46.9 Å². The zero-order valence-corrected chi connectivity index (χ0v) is 14.1. The molecule has 2 amide bonds. The Bertz CT molecular complexity index is 764. The van der Waals surface area contributed by atoms with Crippen molar-refractivity contribution in [2.24, 2.45) is 0 Å². The molecule has 3 N–H and O–H groups in total. The van der Waals surface area contributed by atoms with Crippen LogP contribution in [0.25, 0.3) is 0 Å². The predicted octanol–water partition coefficient (Wildman–Crippen LogP) is 2.86. The van der Waals surface area contributed by atoms with Gasteiger partial charge >= 0.3 is 6.03 Å². The number of furan rings is 1. The molecule has 1 aromatic heterocycles. The lowest BCUT2D eigenvalue weighted by molar-refractivity contribution is 0.0584. The molecule has 0 radical (unpaired) electrons. The second-order valence-electron chi connectivity index (χ2n) is 6.33. The van der Waals surface area contributed by atoms with Crippen molar-refractivity contribution in [3.63, 3.8) is 0 Å². The summed E-state index contributed by atoms with van der Waals surface area (Å²) in [7, 11) is 0. The summed E-state index contributed by atoms with van der Waals surface area (Å²) >= 11 is 0. The van der Waals surface area contributed by atoms with E-state index >= 15 is 0 Å². The highest BCUT2D eigenvalue weighted by atomic mass is 16.5. The first kappa shape index (κ1) is 16.4. The van der Waals surface area contributed by atoms with Crippen molar-refractivity contribution in [3.8, 4) is 5.75 Å². The Balaban J connectivity index is 1.60. The number of fused-ring (bicyclic) bond motifs is 1. The van der Waals surface area contributed by atoms with Gasteiger partial charge in [-0.25, -0.2) is 4.79 Å². The number of anilines is 1. The van der Waals surface area contributed by atoms with Crippen molar-refractivity contribution in [2.75, 3.05) is 18.5 Å². The number of amides is 2. The number of ether oxygens (including phenoxy) is 1. The standard InChI is InChI=1S/C18H22N2O4/c1-11-8-15(12(2)24-11)18(3,22)10-19-17(21)20-14-4-5-16-13(9-14)6-7-23-16/h4-5,8-9,22H,6-7,10H2,1-3H3,(H2,19,20,21)/t18-/m0/s1. The molecular formula is C18H22N2O4. The first-order valence-electron chi connectivity index (χ1n) is 7.95. The van der Waals surface area contributed by atoms with Gasteiger partial charge in [0.1, 0.15) is 22.9 Å². The lowest BCUT2D eigenvalue weighted by Crippen LogP contribution is -2.40. The van der Waals surface area contributed by atoms with Crippen LogP contribution >= 0.6 is 0 Å². The molecule has 1 aliphatic rings. The molecule has 1 atom stereocenters. The highest BCUT2D eigenvalue weighted by Gasteiger charge is 2.28. The van der Waals surface area contributed by atoms with E-state index in [0.717, 1.165) is 23.5 Å². The number of benzene rings is 1. The monoisotopic (exact) mass is 330 g/mol. The van der Waals surface area contributed by atoms with Crippen LogP contribution in [0, 0.1) is 13.8 Å². The first-order valence-corrected chi connectivity index (χ1v) is 7.95. The van der Waals surface area contributed by atoms with Gasteiger partial charge in [0.05, 0.1) is 13.2 Å². The number of rotatable bonds is 4. The largest absolute Gasteiger partial charge is 0.493 e. The van der Waals surface area contributed by atoms with E-state index in [1.807, 2.05) is 19.1 Å². The first-order chi connectivity index (χ1) is 11.3. The van der Waals surface area contributed by atoms with Crippen LogP contribution in [0.3, 0.4) is 0 Å². The SMILES string of the molecule is Cc1cc([C@@](C)(O)CNC(=O)Nc2ccc3c(c2)CCO3)c(C)o1. The molecule has 0 bridgehead atoms. The molecule has 3 rings (SSSR count). The van der Waals surface area contributed by atoms with Gasteiger partial charge in [-0.15, -0.1) is 0 Å². The lowest BCUT2D eigenvalue weighted by atomic mass is 9.96. The van der Waals surface area contributed by atoms with E-state index in [2.05, 4.69) is 10.6 Å². The molecular weight excluding hydrogens is 308 g/mol. The average molecular weight is 330 g/mol. The zero-order chi connectivity index (χ0) is 17.3. The van der Waals surface area contributed by atoms with Crippen LogP contribution < -0.4 is 15.4 Å². The Morgan fingerprint density at radius 1 is 1.33 bits per heavy atom. The van der Waals surface area contributed by atoms with Gasteiger partial charge in [0.15, 0.2) is 0 Å². The van der Waals surface area contributed by atoms with Crippen molar-refractivity contribution >= 4 is 11.7 Å². The summed E-state index contributed by atoms with van der Waals surface area (Å²) in [6.07, 6.45) is 0.848. The van der Waals surface area contributed by atoms with Crippen molar-refractivity contribution in [1.82, 2.24) is 5.32 Å². The number of carbonyl (C=O) groups excluding carboxylic acids is 1. The minimum Gasteiger partial charge on any atom is -0.493 e. The molecule has 0 aliphatic carbocycles. The minimum absolute atomic E-state index is 0.0761. The van der Waals surface area contributed by atoms with Gasteiger partial charge in [0.25, 0.3) is 0 Å². The third kappa shape index (κ3) is 3.38. The van der Waals surface area contributed by atoms with E-state index in [9.17, 15) is 9.90 Å². The molecule has 0 spiro atoms. The maximum Gasteiger partial charge on any atom is 0.319 e. The maximum absolute atomic E-state index is 12.1. The Hall–Kier alpha value is -2.47. The normalized spacial score (nSPS) is 15.3. The molecule has 0 fully saturated rings. The maximum atomic E-state index is 12.1. The highest BCUT2D eigenvalue weighted by Crippen LogP contribution is 2.28. The van der Waals surface area contributed by atoms with Crippen molar-refractivity contribution in [1.29, 1.82) is 0 Å². The summed E-state index contributed by atoms with van der Waals surface area (Å²) in [5.41, 5.74) is 1.26. The van der Waals surface area contributed by atoms with Crippen LogP contribution in [0.5, 0.6) is 5.75 Å². The number of hydrogen-bond donors (Lipinski definition) is 3. The Labute approximate surface area is 140 Å². The number of aryl methyl sites for hydroxylation is 2.